The molecule has 0 bridgehead atoms. The summed E-state index contributed by atoms with van der Waals surface area (Å²) in [6.07, 6.45) is 0. The molecule has 8 nitrogen and oxygen atoms in total. The molecule has 0 aliphatic rings. The van der Waals surface area contributed by atoms with Crippen molar-refractivity contribution in [1.29, 1.82) is 0 Å². The molecule has 0 amide bonds. The first kappa shape index (κ1) is 65.4. The van der Waals surface area contributed by atoms with Crippen molar-refractivity contribution in [2.24, 2.45) is 0 Å². The number of sulfonamides is 2. The standard InChI is InChI=1S/C22H21NO3S.C21H19NO3S.7C2H6/c1-15-9-11-19(12-10-15)27(25,26)23-21-14-17(3)16(2)13-20(21)22(24)18-7-5-4-6-8-18;1-15-13-19(21(23)17-9-5-3-6-10-17)20(14-16(15)2)22-26(24,25)18-11-7-4-8-12-18;7*1-2/h4-14,23H,1-3H3;3-14,22H,1-2H3;7*1-2H3. The van der Waals surface area contributed by atoms with Crippen molar-refractivity contribution in [3.05, 3.63) is 190 Å². The van der Waals surface area contributed by atoms with E-state index >= 15 is 0 Å². The van der Waals surface area contributed by atoms with Gasteiger partial charge in [0.2, 0.25) is 0 Å². The van der Waals surface area contributed by atoms with E-state index in [2.05, 4.69) is 9.44 Å². The second-order valence-corrected chi connectivity index (χ2v) is 16.1. The van der Waals surface area contributed by atoms with E-state index < -0.39 is 20.0 Å². The molecule has 368 valence electrons. The van der Waals surface area contributed by atoms with Crippen LogP contribution in [0.5, 0.6) is 0 Å². The lowest BCUT2D eigenvalue weighted by atomic mass is 9.97. The summed E-state index contributed by atoms with van der Waals surface area (Å²) in [7, 11) is -7.58. The number of benzene rings is 6. The molecule has 6 aromatic carbocycles. The van der Waals surface area contributed by atoms with Crippen molar-refractivity contribution in [3.8, 4) is 0 Å². The predicted molar refractivity (Wildman–Crippen MR) is 290 cm³/mol. The number of rotatable bonds is 10. The van der Waals surface area contributed by atoms with Crippen LogP contribution in [0.4, 0.5) is 11.4 Å². The summed E-state index contributed by atoms with van der Waals surface area (Å²) in [6, 6.07) is 39.2. The summed E-state index contributed by atoms with van der Waals surface area (Å²) >= 11 is 0. The molecule has 0 spiro atoms. The van der Waals surface area contributed by atoms with Gasteiger partial charge in [0.15, 0.2) is 11.6 Å². The van der Waals surface area contributed by atoms with Gasteiger partial charge < -0.3 is 0 Å². The van der Waals surface area contributed by atoms with Crippen LogP contribution < -0.4 is 9.44 Å². The van der Waals surface area contributed by atoms with E-state index in [9.17, 15) is 26.4 Å². The van der Waals surface area contributed by atoms with Crippen LogP contribution >= 0.6 is 0 Å². The van der Waals surface area contributed by atoms with Crippen molar-refractivity contribution in [2.45, 2.75) is 141 Å². The lowest BCUT2D eigenvalue weighted by molar-refractivity contribution is 0.103. The number of ketones is 2. The van der Waals surface area contributed by atoms with Gasteiger partial charge in [-0.25, -0.2) is 16.8 Å². The molecule has 6 rings (SSSR count). The monoisotopic (exact) mass is 955 g/mol. The van der Waals surface area contributed by atoms with Crippen molar-refractivity contribution in [1.82, 2.24) is 0 Å². The quantitative estimate of drug-likeness (QED) is 0.132. The van der Waals surface area contributed by atoms with Gasteiger partial charge in [-0.05, 0) is 105 Å². The highest BCUT2D eigenvalue weighted by atomic mass is 32.2. The molecular formula is C57H82N2O6S2. The first-order valence-electron chi connectivity index (χ1n) is 23.8. The predicted octanol–water partition coefficient (Wildman–Crippen LogP) is 16.2. The van der Waals surface area contributed by atoms with Gasteiger partial charge in [-0.15, -0.1) is 0 Å². The zero-order chi connectivity index (χ0) is 52.3. The highest BCUT2D eigenvalue weighted by Crippen LogP contribution is 2.28. The van der Waals surface area contributed by atoms with Gasteiger partial charge >= 0.3 is 0 Å². The Hall–Kier alpha value is -5.84. The van der Waals surface area contributed by atoms with Gasteiger partial charge in [-0.2, -0.15) is 0 Å². The normalized spacial score (nSPS) is 9.48. The molecule has 0 aliphatic carbocycles. The van der Waals surface area contributed by atoms with Crippen LogP contribution in [0.1, 0.15) is 157 Å². The lowest BCUT2D eigenvalue weighted by Crippen LogP contribution is -2.16. The first-order chi connectivity index (χ1) is 32.2. The molecular weight excluding hydrogens is 873 g/mol. The van der Waals surface area contributed by atoms with Crippen LogP contribution in [0, 0.1) is 34.6 Å². The fourth-order valence-electron chi connectivity index (χ4n) is 5.39. The van der Waals surface area contributed by atoms with E-state index in [0.717, 1.165) is 27.8 Å². The third-order valence-electron chi connectivity index (χ3n) is 8.70. The molecule has 67 heavy (non-hydrogen) atoms. The minimum absolute atomic E-state index is 0.149. The number of hydrogen-bond donors (Lipinski definition) is 2. The number of hydrogen-bond acceptors (Lipinski definition) is 6. The van der Waals surface area contributed by atoms with Gasteiger partial charge in [0.25, 0.3) is 20.0 Å². The van der Waals surface area contributed by atoms with Gasteiger partial charge in [0.1, 0.15) is 0 Å². The fourth-order valence-corrected chi connectivity index (χ4v) is 7.55. The molecule has 0 saturated carbocycles. The van der Waals surface area contributed by atoms with E-state index in [1.165, 1.54) is 12.1 Å². The Bertz CT molecular complexity index is 2490. The molecule has 0 unspecified atom stereocenters. The van der Waals surface area contributed by atoms with Crippen LogP contribution in [-0.4, -0.2) is 28.4 Å². The van der Waals surface area contributed by atoms with Crippen molar-refractivity contribution >= 4 is 43.0 Å². The second kappa shape index (κ2) is 36.3. The summed E-state index contributed by atoms with van der Waals surface area (Å²) in [5, 5.41) is 0. The summed E-state index contributed by atoms with van der Waals surface area (Å²) in [6.45, 7) is 37.5. The highest BCUT2D eigenvalue weighted by Gasteiger charge is 2.22. The van der Waals surface area contributed by atoms with E-state index in [1.807, 2.05) is 144 Å². The maximum absolute atomic E-state index is 13.0. The van der Waals surface area contributed by atoms with E-state index in [-0.39, 0.29) is 32.7 Å². The number of nitrogens with one attached hydrogen (secondary N) is 2. The van der Waals surface area contributed by atoms with E-state index in [4.69, 9.17) is 0 Å². The van der Waals surface area contributed by atoms with Crippen molar-refractivity contribution < 1.29 is 26.4 Å². The molecule has 0 aliphatic heterocycles. The zero-order valence-corrected chi connectivity index (χ0v) is 45.7. The average molecular weight is 955 g/mol. The van der Waals surface area contributed by atoms with Crippen LogP contribution in [0.2, 0.25) is 0 Å². The Morgan fingerprint density at radius 1 is 0.343 bits per heavy atom. The van der Waals surface area contributed by atoms with Crippen molar-refractivity contribution in [2.75, 3.05) is 9.44 Å². The van der Waals surface area contributed by atoms with Gasteiger partial charge in [0, 0.05) is 22.3 Å². The SMILES string of the molecule is CC.CC.CC.CC.CC.CC.CC.Cc1cc(NS(=O)(=O)c2ccccc2)c(C(=O)c2ccccc2)cc1C.Cc1ccc(S(=O)(=O)Nc2cc(C)c(C)cc2C(=O)c2ccccc2)cc1. The maximum atomic E-state index is 13.0. The maximum Gasteiger partial charge on any atom is 0.261 e. The molecule has 0 atom stereocenters. The van der Waals surface area contributed by atoms with E-state index in [1.54, 1.807) is 115 Å². The fraction of sp³-hybridized carbons (Fsp3) is 0.333. The largest absolute Gasteiger partial charge is 0.289 e. The molecule has 2 N–H and O–H groups in total. The van der Waals surface area contributed by atoms with Gasteiger partial charge in [-0.1, -0.05) is 193 Å². The minimum Gasteiger partial charge on any atom is -0.289 e. The zero-order valence-electron chi connectivity index (χ0n) is 44.0. The molecule has 0 radical (unpaired) electrons. The average Bonchev–Trinajstić information content (AvgIpc) is 3.38. The van der Waals surface area contributed by atoms with Gasteiger partial charge in [-0.3, -0.25) is 19.0 Å². The third kappa shape index (κ3) is 21.1. The van der Waals surface area contributed by atoms with Crippen LogP contribution in [0.25, 0.3) is 0 Å². The Kier molecular flexibility index (Phi) is 35.5. The molecule has 10 heteroatoms. The van der Waals surface area contributed by atoms with E-state index in [0.29, 0.717) is 22.3 Å². The number of carbonyl (C=O) groups excluding carboxylic acids is 2. The first-order valence-corrected chi connectivity index (χ1v) is 26.7. The number of anilines is 2. The van der Waals surface area contributed by atoms with Crippen molar-refractivity contribution in [3.63, 3.8) is 0 Å². The number of carbonyl (C=O) groups is 2. The Labute approximate surface area is 407 Å². The summed E-state index contributed by atoms with van der Waals surface area (Å²) in [5.41, 5.74) is 6.88. The Morgan fingerprint density at radius 2 is 0.597 bits per heavy atom. The highest BCUT2D eigenvalue weighted by molar-refractivity contribution is 7.93. The summed E-state index contributed by atoms with van der Waals surface area (Å²) in [4.78, 5) is 26.2. The smallest absolute Gasteiger partial charge is 0.261 e. The minimum atomic E-state index is -3.80. The second-order valence-electron chi connectivity index (χ2n) is 12.7. The summed E-state index contributed by atoms with van der Waals surface area (Å²) in [5.74, 6) is -0.445. The molecule has 0 saturated heterocycles. The molecule has 0 aromatic heterocycles. The van der Waals surface area contributed by atoms with Gasteiger partial charge in [0.05, 0.1) is 21.2 Å². The molecule has 0 heterocycles. The van der Waals surface area contributed by atoms with Crippen LogP contribution in [0.15, 0.2) is 149 Å². The Balaban J connectivity index is -0.000000970. The third-order valence-corrected chi connectivity index (χ3v) is 11.5. The summed E-state index contributed by atoms with van der Waals surface area (Å²) < 4.78 is 56.1. The lowest BCUT2D eigenvalue weighted by Gasteiger charge is -2.15. The molecule has 6 aromatic rings. The van der Waals surface area contributed by atoms with Crippen LogP contribution in [0.3, 0.4) is 0 Å². The Morgan fingerprint density at radius 3 is 0.896 bits per heavy atom. The molecule has 0 fully saturated rings. The number of aryl methyl sites for hydroxylation is 5. The van der Waals surface area contributed by atoms with Crippen LogP contribution in [-0.2, 0) is 20.0 Å². The topological polar surface area (TPSA) is 126 Å².